The second-order valence-electron chi connectivity index (χ2n) is 8.27. The van der Waals surface area contributed by atoms with Gasteiger partial charge in [-0.05, 0) is 41.7 Å². The van der Waals surface area contributed by atoms with Crippen LogP contribution in [0.15, 0.2) is 6.20 Å². The lowest BCUT2D eigenvalue weighted by Crippen LogP contribution is -2.03. The summed E-state index contributed by atoms with van der Waals surface area (Å²) in [6, 6.07) is 0. The Labute approximate surface area is 154 Å². The van der Waals surface area contributed by atoms with E-state index in [-0.39, 0.29) is 0 Å². The van der Waals surface area contributed by atoms with Gasteiger partial charge in [-0.15, -0.1) is 0 Å². The quantitative estimate of drug-likeness (QED) is 0.718. The van der Waals surface area contributed by atoms with Crippen LogP contribution in [0.3, 0.4) is 0 Å². The van der Waals surface area contributed by atoms with Gasteiger partial charge >= 0.3 is 0 Å². The van der Waals surface area contributed by atoms with Gasteiger partial charge in [-0.2, -0.15) is 10.2 Å². The summed E-state index contributed by atoms with van der Waals surface area (Å²) < 4.78 is 3.93. The van der Waals surface area contributed by atoms with Crippen molar-refractivity contribution in [2.45, 2.75) is 86.0 Å². The molecule has 2 aromatic rings. The van der Waals surface area contributed by atoms with Gasteiger partial charge in [0.1, 0.15) is 0 Å². The molecule has 25 heavy (non-hydrogen) atoms. The fourth-order valence-corrected chi connectivity index (χ4v) is 3.51. The molecule has 0 aliphatic carbocycles. The molecule has 0 aliphatic rings. The van der Waals surface area contributed by atoms with Crippen molar-refractivity contribution in [3.8, 4) is 0 Å². The molecular weight excluding hydrogens is 308 g/mol. The number of aryl methyl sites for hydroxylation is 3. The molecule has 0 saturated heterocycles. The van der Waals surface area contributed by atoms with E-state index >= 15 is 0 Å². The topological polar surface area (TPSA) is 35.6 Å². The van der Waals surface area contributed by atoms with Crippen molar-refractivity contribution in [1.29, 1.82) is 0 Å². The van der Waals surface area contributed by atoms with Gasteiger partial charge in [-0.25, -0.2) is 0 Å². The van der Waals surface area contributed by atoms with Gasteiger partial charge in [0.2, 0.25) is 0 Å². The average molecular weight is 347 g/mol. The van der Waals surface area contributed by atoms with Gasteiger partial charge in [0.25, 0.3) is 0 Å². The van der Waals surface area contributed by atoms with Gasteiger partial charge in [-0.1, -0.05) is 55.4 Å². The molecule has 0 bridgehead atoms. The maximum Gasteiger partial charge on any atom is 0.0684 e. The zero-order valence-electron chi connectivity index (χ0n) is 18.2. The maximum absolute atomic E-state index is 4.47. The molecule has 0 spiro atoms. The third kappa shape index (κ3) is 5.20. The monoisotopic (exact) mass is 346 g/mol. The van der Waals surface area contributed by atoms with Crippen molar-refractivity contribution >= 4 is 0 Å². The number of nitrogens with zero attached hydrogens (tertiary/aromatic N) is 4. The molecule has 0 atom stereocenters. The number of rotatable bonds is 4. The SMILES string of the molecule is CC(C)c1cn(C)nc1C(C)C.Cc1nn(C)c(C(C)C)c1C(C)C. The summed E-state index contributed by atoms with van der Waals surface area (Å²) >= 11 is 0. The van der Waals surface area contributed by atoms with Crippen molar-refractivity contribution in [2.24, 2.45) is 14.1 Å². The first-order valence-electron chi connectivity index (χ1n) is 9.54. The van der Waals surface area contributed by atoms with E-state index in [4.69, 9.17) is 0 Å². The fourth-order valence-electron chi connectivity index (χ4n) is 3.51. The van der Waals surface area contributed by atoms with E-state index in [0.29, 0.717) is 23.7 Å². The molecule has 0 unspecified atom stereocenters. The van der Waals surface area contributed by atoms with Crippen LogP contribution in [0.4, 0.5) is 0 Å². The summed E-state index contributed by atoms with van der Waals surface area (Å²) in [5, 5.41) is 8.92. The molecule has 0 aromatic carbocycles. The van der Waals surface area contributed by atoms with E-state index in [2.05, 4.69) is 78.7 Å². The molecule has 0 N–H and O–H groups in total. The van der Waals surface area contributed by atoms with Crippen molar-refractivity contribution < 1.29 is 0 Å². The Balaban J connectivity index is 0.000000251. The molecule has 0 radical (unpaired) electrons. The molecule has 2 rings (SSSR count). The van der Waals surface area contributed by atoms with Gasteiger partial charge in [-0.3, -0.25) is 9.36 Å². The second-order valence-corrected chi connectivity index (χ2v) is 8.27. The highest BCUT2D eigenvalue weighted by Gasteiger charge is 2.18. The predicted octanol–water partition coefficient (Wildman–Crippen LogP) is 5.64. The Morgan fingerprint density at radius 1 is 0.760 bits per heavy atom. The fraction of sp³-hybridized carbons (Fsp3) is 0.714. The first kappa shape index (κ1) is 21.5. The summed E-state index contributed by atoms with van der Waals surface area (Å²) in [4.78, 5) is 0. The van der Waals surface area contributed by atoms with Crippen LogP contribution in [0.2, 0.25) is 0 Å². The highest BCUT2D eigenvalue weighted by atomic mass is 15.3. The summed E-state index contributed by atoms with van der Waals surface area (Å²) in [5.41, 5.74) is 6.62. The summed E-state index contributed by atoms with van der Waals surface area (Å²) in [6.07, 6.45) is 2.12. The lowest BCUT2D eigenvalue weighted by atomic mass is 9.95. The third-order valence-corrected chi connectivity index (χ3v) is 4.49. The molecule has 0 amide bonds. The van der Waals surface area contributed by atoms with Crippen LogP contribution in [0.1, 0.15) is 107 Å². The number of hydrogen-bond donors (Lipinski definition) is 0. The average Bonchev–Trinajstić information content (AvgIpc) is 2.99. The molecule has 4 heteroatoms. The van der Waals surface area contributed by atoms with Crippen LogP contribution in [-0.4, -0.2) is 19.6 Å². The lowest BCUT2D eigenvalue weighted by molar-refractivity contribution is 0.656. The largest absolute Gasteiger partial charge is 0.275 e. The van der Waals surface area contributed by atoms with Crippen LogP contribution in [-0.2, 0) is 14.1 Å². The molecule has 4 nitrogen and oxygen atoms in total. The Bertz CT molecular complexity index is 618. The van der Waals surface area contributed by atoms with Crippen molar-refractivity contribution in [3.05, 3.63) is 34.4 Å². The van der Waals surface area contributed by atoms with Crippen molar-refractivity contribution in [1.82, 2.24) is 19.6 Å². The van der Waals surface area contributed by atoms with E-state index < -0.39 is 0 Å². The van der Waals surface area contributed by atoms with E-state index in [1.54, 1.807) is 0 Å². The number of aromatic nitrogens is 4. The van der Waals surface area contributed by atoms with Gasteiger partial charge in [0, 0.05) is 26.0 Å². The predicted molar refractivity (Wildman–Crippen MR) is 108 cm³/mol. The lowest BCUT2D eigenvalue weighted by Gasteiger charge is -2.12. The van der Waals surface area contributed by atoms with Crippen LogP contribution in [0.5, 0.6) is 0 Å². The minimum atomic E-state index is 0.531. The highest BCUT2D eigenvalue weighted by Crippen LogP contribution is 2.28. The number of hydrogen-bond acceptors (Lipinski definition) is 2. The first-order chi connectivity index (χ1) is 11.5. The molecular formula is C21H38N4. The van der Waals surface area contributed by atoms with Crippen molar-refractivity contribution in [2.75, 3.05) is 0 Å². The summed E-state index contributed by atoms with van der Waals surface area (Å²) in [7, 11) is 4.02. The first-order valence-corrected chi connectivity index (χ1v) is 9.54. The van der Waals surface area contributed by atoms with Crippen LogP contribution < -0.4 is 0 Å². The maximum atomic E-state index is 4.47. The molecule has 2 aromatic heterocycles. The normalized spacial score (nSPS) is 11.6. The summed E-state index contributed by atoms with van der Waals surface area (Å²) in [6.45, 7) is 19.8. The van der Waals surface area contributed by atoms with Crippen LogP contribution in [0.25, 0.3) is 0 Å². The Hall–Kier alpha value is -1.58. The van der Waals surface area contributed by atoms with Crippen LogP contribution in [0, 0.1) is 6.92 Å². The standard InChI is InChI=1S/C11H20N2.C10H18N2/c1-7(2)10-9(5)12-13(6)11(10)8(3)4;1-7(2)9-6-12(5)11-10(9)8(3)4/h7-8H,1-6H3;6-8H,1-5H3. The molecule has 0 fully saturated rings. The zero-order valence-corrected chi connectivity index (χ0v) is 18.2. The van der Waals surface area contributed by atoms with Crippen LogP contribution >= 0.6 is 0 Å². The van der Waals surface area contributed by atoms with E-state index in [1.807, 2.05) is 23.5 Å². The van der Waals surface area contributed by atoms with E-state index in [1.165, 1.54) is 28.2 Å². The molecule has 2 heterocycles. The Kier molecular flexibility index (Phi) is 7.45. The molecule has 142 valence electrons. The smallest absolute Gasteiger partial charge is 0.0684 e. The Morgan fingerprint density at radius 3 is 1.64 bits per heavy atom. The van der Waals surface area contributed by atoms with E-state index in [0.717, 1.165) is 0 Å². The third-order valence-electron chi connectivity index (χ3n) is 4.49. The van der Waals surface area contributed by atoms with Gasteiger partial charge < -0.3 is 0 Å². The minimum Gasteiger partial charge on any atom is -0.275 e. The minimum absolute atomic E-state index is 0.531. The van der Waals surface area contributed by atoms with E-state index in [9.17, 15) is 0 Å². The van der Waals surface area contributed by atoms with Gasteiger partial charge in [0.05, 0.1) is 11.4 Å². The molecule has 0 saturated carbocycles. The van der Waals surface area contributed by atoms with Crippen molar-refractivity contribution in [3.63, 3.8) is 0 Å². The Morgan fingerprint density at radius 2 is 1.32 bits per heavy atom. The zero-order chi connectivity index (χ0) is 19.5. The highest BCUT2D eigenvalue weighted by molar-refractivity contribution is 5.30. The molecule has 0 aliphatic heterocycles. The summed E-state index contributed by atoms with van der Waals surface area (Å²) in [5.74, 6) is 2.24. The second kappa shape index (κ2) is 8.68. The van der Waals surface area contributed by atoms with Gasteiger partial charge in [0.15, 0.2) is 0 Å².